The minimum absolute atomic E-state index is 0.164. The van der Waals surface area contributed by atoms with Gasteiger partial charge >= 0.3 is 0 Å². The SMILES string of the molecule is CNC(=O)c1ccc(Cl)c(NC(=O)Cc2cccs2)c1. The molecule has 0 bridgehead atoms. The van der Waals surface area contributed by atoms with Gasteiger partial charge in [-0.2, -0.15) is 0 Å². The molecule has 20 heavy (non-hydrogen) atoms. The lowest BCUT2D eigenvalue weighted by Gasteiger charge is -2.08. The van der Waals surface area contributed by atoms with E-state index in [1.165, 1.54) is 11.3 Å². The van der Waals surface area contributed by atoms with E-state index < -0.39 is 0 Å². The zero-order chi connectivity index (χ0) is 14.5. The Hall–Kier alpha value is -1.85. The molecule has 2 amide bonds. The van der Waals surface area contributed by atoms with E-state index in [1.54, 1.807) is 25.2 Å². The maximum atomic E-state index is 11.9. The summed E-state index contributed by atoms with van der Waals surface area (Å²) in [7, 11) is 1.55. The highest BCUT2D eigenvalue weighted by atomic mass is 35.5. The number of anilines is 1. The fourth-order valence-electron chi connectivity index (χ4n) is 1.67. The summed E-state index contributed by atoms with van der Waals surface area (Å²) < 4.78 is 0. The average Bonchev–Trinajstić information content (AvgIpc) is 2.93. The van der Waals surface area contributed by atoms with Crippen LogP contribution < -0.4 is 10.6 Å². The quantitative estimate of drug-likeness (QED) is 0.912. The number of rotatable bonds is 4. The smallest absolute Gasteiger partial charge is 0.251 e. The topological polar surface area (TPSA) is 58.2 Å². The lowest BCUT2D eigenvalue weighted by atomic mass is 10.2. The molecule has 2 aromatic rings. The number of carbonyl (C=O) groups excluding carboxylic acids is 2. The molecule has 1 aromatic heterocycles. The Morgan fingerprint density at radius 2 is 2.10 bits per heavy atom. The van der Waals surface area contributed by atoms with E-state index in [-0.39, 0.29) is 18.2 Å². The molecule has 0 unspecified atom stereocenters. The van der Waals surface area contributed by atoms with Crippen molar-refractivity contribution in [2.24, 2.45) is 0 Å². The van der Waals surface area contributed by atoms with Gasteiger partial charge in [0.15, 0.2) is 0 Å². The van der Waals surface area contributed by atoms with Crippen LogP contribution in [0.5, 0.6) is 0 Å². The molecule has 0 aliphatic heterocycles. The van der Waals surface area contributed by atoms with Crippen LogP contribution in [-0.2, 0) is 11.2 Å². The van der Waals surface area contributed by atoms with Gasteiger partial charge < -0.3 is 10.6 Å². The normalized spacial score (nSPS) is 10.1. The number of hydrogen-bond acceptors (Lipinski definition) is 3. The van der Waals surface area contributed by atoms with Crippen LogP contribution in [0, 0.1) is 0 Å². The Balaban J connectivity index is 2.12. The summed E-state index contributed by atoms with van der Waals surface area (Å²) in [5.74, 6) is -0.390. The number of carbonyl (C=O) groups is 2. The van der Waals surface area contributed by atoms with Gasteiger partial charge in [0.2, 0.25) is 5.91 Å². The molecule has 0 aliphatic carbocycles. The van der Waals surface area contributed by atoms with Gasteiger partial charge in [-0.05, 0) is 29.6 Å². The summed E-state index contributed by atoms with van der Waals surface area (Å²) in [6.45, 7) is 0. The van der Waals surface area contributed by atoms with Gasteiger partial charge in [0.1, 0.15) is 0 Å². The zero-order valence-electron chi connectivity index (χ0n) is 10.8. The highest BCUT2D eigenvalue weighted by Gasteiger charge is 2.11. The maximum absolute atomic E-state index is 11.9. The molecular weight excluding hydrogens is 296 g/mol. The molecule has 2 rings (SSSR count). The van der Waals surface area contributed by atoms with Crippen molar-refractivity contribution in [3.63, 3.8) is 0 Å². The Labute approximate surface area is 125 Å². The van der Waals surface area contributed by atoms with Crippen molar-refractivity contribution in [2.45, 2.75) is 6.42 Å². The van der Waals surface area contributed by atoms with Gasteiger partial charge in [0, 0.05) is 17.5 Å². The van der Waals surface area contributed by atoms with Crippen LogP contribution in [-0.4, -0.2) is 18.9 Å². The fraction of sp³-hybridized carbons (Fsp3) is 0.143. The Morgan fingerprint density at radius 3 is 2.75 bits per heavy atom. The molecule has 6 heteroatoms. The monoisotopic (exact) mass is 308 g/mol. The second kappa shape index (κ2) is 6.54. The molecule has 1 heterocycles. The van der Waals surface area contributed by atoms with Crippen molar-refractivity contribution in [1.29, 1.82) is 0 Å². The maximum Gasteiger partial charge on any atom is 0.251 e. The van der Waals surface area contributed by atoms with Gasteiger partial charge in [0.05, 0.1) is 17.1 Å². The van der Waals surface area contributed by atoms with Gasteiger partial charge in [-0.1, -0.05) is 17.7 Å². The first-order valence-corrected chi connectivity index (χ1v) is 7.20. The lowest BCUT2D eigenvalue weighted by molar-refractivity contribution is -0.115. The third-order valence-electron chi connectivity index (χ3n) is 2.64. The van der Waals surface area contributed by atoms with Gasteiger partial charge in [-0.15, -0.1) is 11.3 Å². The summed E-state index contributed by atoms with van der Waals surface area (Å²) in [6, 6.07) is 8.55. The van der Waals surface area contributed by atoms with Crippen LogP contribution in [0.4, 0.5) is 5.69 Å². The molecule has 0 saturated heterocycles. The Morgan fingerprint density at radius 1 is 1.30 bits per heavy atom. The van der Waals surface area contributed by atoms with Crippen LogP contribution in [0.2, 0.25) is 5.02 Å². The average molecular weight is 309 g/mol. The highest BCUT2D eigenvalue weighted by molar-refractivity contribution is 7.10. The summed E-state index contributed by atoms with van der Waals surface area (Å²) in [5.41, 5.74) is 0.887. The van der Waals surface area contributed by atoms with Crippen LogP contribution in [0.3, 0.4) is 0 Å². The zero-order valence-corrected chi connectivity index (χ0v) is 12.3. The van der Waals surface area contributed by atoms with Crippen molar-refractivity contribution >= 4 is 40.4 Å². The van der Waals surface area contributed by atoms with Crippen molar-refractivity contribution in [3.8, 4) is 0 Å². The first-order chi connectivity index (χ1) is 9.60. The van der Waals surface area contributed by atoms with E-state index in [4.69, 9.17) is 11.6 Å². The molecule has 0 fully saturated rings. The van der Waals surface area contributed by atoms with E-state index >= 15 is 0 Å². The van der Waals surface area contributed by atoms with Crippen LogP contribution in [0.15, 0.2) is 35.7 Å². The van der Waals surface area contributed by atoms with E-state index in [2.05, 4.69) is 10.6 Å². The molecule has 4 nitrogen and oxygen atoms in total. The highest BCUT2D eigenvalue weighted by Crippen LogP contribution is 2.23. The predicted molar refractivity (Wildman–Crippen MR) is 81.5 cm³/mol. The van der Waals surface area contributed by atoms with Crippen molar-refractivity contribution in [1.82, 2.24) is 5.32 Å². The third-order valence-corrected chi connectivity index (χ3v) is 3.85. The molecule has 104 valence electrons. The van der Waals surface area contributed by atoms with E-state index in [0.717, 1.165) is 4.88 Å². The lowest BCUT2D eigenvalue weighted by Crippen LogP contribution is -2.19. The number of benzene rings is 1. The fourth-order valence-corrected chi connectivity index (χ4v) is 2.54. The molecule has 0 radical (unpaired) electrons. The van der Waals surface area contributed by atoms with Gasteiger partial charge in [-0.3, -0.25) is 9.59 Å². The summed E-state index contributed by atoms with van der Waals surface area (Å²) in [5, 5.41) is 7.57. The number of hydrogen-bond donors (Lipinski definition) is 2. The standard InChI is InChI=1S/C14H13ClN2O2S/c1-16-14(19)9-4-5-11(15)12(7-9)17-13(18)8-10-3-2-6-20-10/h2-7H,8H2,1H3,(H,16,19)(H,17,18). The number of nitrogens with one attached hydrogen (secondary N) is 2. The largest absolute Gasteiger partial charge is 0.355 e. The number of amides is 2. The van der Waals surface area contributed by atoms with Crippen LogP contribution in [0.25, 0.3) is 0 Å². The Kier molecular flexibility index (Phi) is 4.76. The van der Waals surface area contributed by atoms with Crippen molar-refractivity contribution in [3.05, 3.63) is 51.2 Å². The van der Waals surface area contributed by atoms with Crippen LogP contribution >= 0.6 is 22.9 Å². The second-order valence-corrected chi connectivity index (χ2v) is 5.52. The third kappa shape index (κ3) is 3.59. The molecule has 0 spiro atoms. The van der Waals surface area contributed by atoms with E-state index in [9.17, 15) is 9.59 Å². The summed E-state index contributed by atoms with van der Waals surface area (Å²) in [4.78, 5) is 24.4. The minimum Gasteiger partial charge on any atom is -0.355 e. The molecule has 2 N–H and O–H groups in total. The van der Waals surface area contributed by atoms with Crippen molar-refractivity contribution in [2.75, 3.05) is 12.4 Å². The van der Waals surface area contributed by atoms with Gasteiger partial charge in [0.25, 0.3) is 5.91 Å². The number of thiophene rings is 1. The minimum atomic E-state index is -0.226. The molecular formula is C14H13ClN2O2S. The second-order valence-electron chi connectivity index (χ2n) is 4.08. The van der Waals surface area contributed by atoms with E-state index in [1.807, 2.05) is 17.5 Å². The summed E-state index contributed by atoms with van der Waals surface area (Å²) >= 11 is 7.55. The molecule has 0 atom stereocenters. The first kappa shape index (κ1) is 14.6. The van der Waals surface area contributed by atoms with Crippen molar-refractivity contribution < 1.29 is 9.59 Å². The van der Waals surface area contributed by atoms with E-state index in [0.29, 0.717) is 16.3 Å². The molecule has 0 aliphatic rings. The van der Waals surface area contributed by atoms with Gasteiger partial charge in [-0.25, -0.2) is 0 Å². The summed E-state index contributed by atoms with van der Waals surface area (Å²) in [6.07, 6.45) is 0.290. The molecule has 1 aromatic carbocycles. The number of halogens is 1. The molecule has 0 saturated carbocycles. The van der Waals surface area contributed by atoms with Crippen LogP contribution in [0.1, 0.15) is 15.2 Å². The predicted octanol–water partition coefficient (Wildman–Crippen LogP) is 2.94. The first-order valence-electron chi connectivity index (χ1n) is 5.94. The Bertz CT molecular complexity index is 626.